The van der Waals surface area contributed by atoms with Crippen LogP contribution in [0.25, 0.3) is 0 Å². The molecule has 130 valence electrons. The van der Waals surface area contributed by atoms with Crippen molar-refractivity contribution in [3.63, 3.8) is 0 Å². The number of halogens is 1. The molecule has 6 nitrogen and oxygen atoms in total. The molecule has 1 aromatic carbocycles. The molecule has 0 aromatic heterocycles. The molecule has 1 aromatic rings. The van der Waals surface area contributed by atoms with Crippen molar-refractivity contribution in [3.8, 4) is 5.75 Å². The molecule has 0 saturated carbocycles. The average molecular weight is 434 g/mol. The number of guanidine groups is 1. The van der Waals surface area contributed by atoms with E-state index in [1.807, 2.05) is 36.2 Å². The molecule has 23 heavy (non-hydrogen) atoms. The van der Waals surface area contributed by atoms with Gasteiger partial charge in [-0.05, 0) is 17.7 Å². The number of ether oxygens (including phenoxy) is 1. The molecule has 0 saturated heterocycles. The monoisotopic (exact) mass is 434 g/mol. The second kappa shape index (κ2) is 11.1. The summed E-state index contributed by atoms with van der Waals surface area (Å²) >= 11 is 0. The molecule has 1 amide bonds. The fraction of sp³-hybridized carbons (Fsp3) is 0.500. The van der Waals surface area contributed by atoms with E-state index in [-0.39, 0.29) is 29.9 Å². The second-order valence-electron chi connectivity index (χ2n) is 5.22. The first-order chi connectivity index (χ1) is 10.5. The van der Waals surface area contributed by atoms with Crippen LogP contribution in [0.3, 0.4) is 0 Å². The van der Waals surface area contributed by atoms with Crippen molar-refractivity contribution in [1.29, 1.82) is 0 Å². The van der Waals surface area contributed by atoms with E-state index in [1.165, 1.54) is 0 Å². The van der Waals surface area contributed by atoms with Gasteiger partial charge in [0.25, 0.3) is 0 Å². The summed E-state index contributed by atoms with van der Waals surface area (Å²) in [6.07, 6.45) is 0.447. The van der Waals surface area contributed by atoms with Crippen molar-refractivity contribution in [3.05, 3.63) is 29.8 Å². The third-order valence-corrected chi connectivity index (χ3v) is 3.27. The van der Waals surface area contributed by atoms with Crippen molar-refractivity contribution >= 4 is 35.8 Å². The molecule has 1 N–H and O–H groups in total. The van der Waals surface area contributed by atoms with E-state index >= 15 is 0 Å². The summed E-state index contributed by atoms with van der Waals surface area (Å²) in [5.74, 6) is 1.71. The van der Waals surface area contributed by atoms with Gasteiger partial charge >= 0.3 is 0 Å². The molecule has 0 radical (unpaired) electrons. The Labute approximate surface area is 155 Å². The van der Waals surface area contributed by atoms with E-state index in [0.29, 0.717) is 13.0 Å². The van der Waals surface area contributed by atoms with E-state index < -0.39 is 0 Å². The fourth-order valence-corrected chi connectivity index (χ4v) is 1.97. The third-order valence-electron chi connectivity index (χ3n) is 3.27. The van der Waals surface area contributed by atoms with Crippen molar-refractivity contribution in [2.24, 2.45) is 4.99 Å². The van der Waals surface area contributed by atoms with Crippen LogP contribution >= 0.6 is 24.0 Å². The average Bonchev–Trinajstić information content (AvgIpc) is 2.51. The quantitative estimate of drug-likeness (QED) is 0.422. The first kappa shape index (κ1) is 21.5. The first-order valence-corrected chi connectivity index (χ1v) is 7.22. The highest BCUT2D eigenvalue weighted by Crippen LogP contribution is 2.12. The molecule has 1 rings (SSSR count). The number of benzene rings is 1. The lowest BCUT2D eigenvalue weighted by molar-refractivity contribution is -0.128. The predicted molar refractivity (Wildman–Crippen MR) is 105 cm³/mol. The van der Waals surface area contributed by atoms with Crippen LogP contribution in [0.5, 0.6) is 5.75 Å². The van der Waals surface area contributed by atoms with Crippen LogP contribution < -0.4 is 10.1 Å². The van der Waals surface area contributed by atoms with E-state index in [2.05, 4.69) is 10.3 Å². The van der Waals surface area contributed by atoms with Crippen LogP contribution in [0.2, 0.25) is 0 Å². The number of nitrogens with one attached hydrogen (secondary N) is 1. The summed E-state index contributed by atoms with van der Waals surface area (Å²) in [6, 6.07) is 7.93. The minimum atomic E-state index is 0. The molecule has 0 aliphatic carbocycles. The molecule has 7 heteroatoms. The fourth-order valence-electron chi connectivity index (χ4n) is 1.97. The number of rotatable bonds is 6. The molecule has 0 heterocycles. The zero-order valence-electron chi connectivity index (χ0n) is 14.5. The number of hydrogen-bond donors (Lipinski definition) is 1. The molecule has 0 unspecified atom stereocenters. The van der Waals surface area contributed by atoms with Gasteiger partial charge < -0.3 is 19.9 Å². The SMILES string of the molecule is CN=C(NCCC(=O)N(C)C)N(C)Cc1ccc(OC)cc1.I. The minimum absolute atomic E-state index is 0. The van der Waals surface area contributed by atoms with Crippen molar-refractivity contribution < 1.29 is 9.53 Å². The Morgan fingerprint density at radius 3 is 2.30 bits per heavy atom. The Kier molecular flexibility index (Phi) is 10.4. The Bertz CT molecular complexity index is 503. The zero-order valence-corrected chi connectivity index (χ0v) is 16.8. The maximum atomic E-state index is 11.6. The molecule has 0 fully saturated rings. The molecular formula is C16H27IN4O2. The summed E-state index contributed by atoms with van der Waals surface area (Å²) in [4.78, 5) is 19.4. The highest BCUT2D eigenvalue weighted by atomic mass is 127. The predicted octanol–water partition coefficient (Wildman–Crippen LogP) is 1.80. The highest BCUT2D eigenvalue weighted by Gasteiger charge is 2.08. The summed E-state index contributed by atoms with van der Waals surface area (Å²) in [5, 5.41) is 3.20. The van der Waals surface area contributed by atoms with Crippen molar-refractivity contribution in [2.75, 3.05) is 41.8 Å². The number of carbonyl (C=O) groups excluding carboxylic acids is 1. The van der Waals surface area contributed by atoms with Gasteiger partial charge in [-0.2, -0.15) is 0 Å². The summed E-state index contributed by atoms with van der Waals surface area (Å²) in [5.41, 5.74) is 1.16. The van der Waals surface area contributed by atoms with Gasteiger partial charge in [0.2, 0.25) is 5.91 Å². The lowest BCUT2D eigenvalue weighted by Crippen LogP contribution is -2.40. The molecule has 0 spiro atoms. The van der Waals surface area contributed by atoms with Gasteiger partial charge in [0.15, 0.2) is 5.96 Å². The smallest absolute Gasteiger partial charge is 0.223 e. The van der Waals surface area contributed by atoms with Gasteiger partial charge in [-0.1, -0.05) is 12.1 Å². The Morgan fingerprint density at radius 2 is 1.83 bits per heavy atom. The van der Waals surface area contributed by atoms with Crippen molar-refractivity contribution in [1.82, 2.24) is 15.1 Å². The van der Waals surface area contributed by atoms with Crippen LogP contribution in [-0.4, -0.2) is 63.5 Å². The number of methoxy groups -OCH3 is 1. The third kappa shape index (κ3) is 7.54. The molecule has 0 aliphatic rings. The van der Waals surface area contributed by atoms with Crippen LogP contribution in [0.4, 0.5) is 0 Å². The number of amides is 1. The van der Waals surface area contributed by atoms with Gasteiger partial charge in [0, 0.05) is 47.7 Å². The molecular weight excluding hydrogens is 407 g/mol. The van der Waals surface area contributed by atoms with Crippen LogP contribution in [0.15, 0.2) is 29.3 Å². The van der Waals surface area contributed by atoms with Gasteiger partial charge in [-0.3, -0.25) is 9.79 Å². The summed E-state index contributed by atoms with van der Waals surface area (Å²) in [7, 11) is 8.87. The van der Waals surface area contributed by atoms with Gasteiger partial charge in [0.1, 0.15) is 5.75 Å². The number of carbonyl (C=O) groups is 1. The second-order valence-corrected chi connectivity index (χ2v) is 5.22. The lowest BCUT2D eigenvalue weighted by Gasteiger charge is -2.22. The van der Waals surface area contributed by atoms with Gasteiger partial charge in [-0.25, -0.2) is 0 Å². The maximum absolute atomic E-state index is 11.6. The number of hydrogen-bond acceptors (Lipinski definition) is 3. The maximum Gasteiger partial charge on any atom is 0.223 e. The summed E-state index contributed by atoms with van der Waals surface area (Å²) < 4.78 is 5.15. The normalized spacial score (nSPS) is 10.6. The largest absolute Gasteiger partial charge is 0.497 e. The van der Waals surface area contributed by atoms with E-state index in [0.717, 1.165) is 23.8 Å². The van der Waals surface area contributed by atoms with E-state index in [1.54, 1.807) is 33.2 Å². The molecule has 0 bridgehead atoms. The number of aliphatic imine (C=N–C) groups is 1. The first-order valence-electron chi connectivity index (χ1n) is 7.22. The molecule has 0 aliphatic heterocycles. The highest BCUT2D eigenvalue weighted by molar-refractivity contribution is 14.0. The Balaban J connectivity index is 0.00000484. The van der Waals surface area contributed by atoms with Crippen LogP contribution in [-0.2, 0) is 11.3 Å². The molecule has 0 atom stereocenters. The standard InChI is InChI=1S/C16H26N4O2.HI/c1-17-16(18-11-10-15(21)19(2)3)20(4)12-13-6-8-14(22-5)9-7-13;/h6-9H,10-12H2,1-5H3,(H,17,18);1H. The van der Waals surface area contributed by atoms with Crippen molar-refractivity contribution in [2.45, 2.75) is 13.0 Å². The minimum Gasteiger partial charge on any atom is -0.497 e. The zero-order chi connectivity index (χ0) is 16.5. The van der Waals surface area contributed by atoms with Gasteiger partial charge in [-0.15, -0.1) is 24.0 Å². The van der Waals surface area contributed by atoms with Crippen LogP contribution in [0, 0.1) is 0 Å². The lowest BCUT2D eigenvalue weighted by atomic mass is 10.2. The van der Waals surface area contributed by atoms with Crippen LogP contribution in [0.1, 0.15) is 12.0 Å². The topological polar surface area (TPSA) is 57.2 Å². The Hall–Kier alpha value is -1.51. The summed E-state index contributed by atoms with van der Waals surface area (Å²) in [6.45, 7) is 1.29. The Morgan fingerprint density at radius 1 is 1.22 bits per heavy atom. The van der Waals surface area contributed by atoms with E-state index in [4.69, 9.17) is 4.74 Å². The van der Waals surface area contributed by atoms with Gasteiger partial charge in [0.05, 0.1) is 7.11 Å². The van der Waals surface area contributed by atoms with E-state index in [9.17, 15) is 4.79 Å². The number of nitrogens with zero attached hydrogens (tertiary/aromatic N) is 3.